The molecule has 33 heavy (non-hydrogen) atoms. The molecule has 2 atom stereocenters. The van der Waals surface area contributed by atoms with Crippen molar-refractivity contribution in [3.05, 3.63) is 41.7 Å². The number of aliphatic imine (C=N–C) groups is 1. The van der Waals surface area contributed by atoms with Gasteiger partial charge in [0.25, 0.3) is 0 Å². The molecule has 1 aromatic rings. The monoisotopic (exact) mass is 450 g/mol. The maximum absolute atomic E-state index is 12.6. The third-order valence-electron chi connectivity index (χ3n) is 7.92. The lowest BCUT2D eigenvalue weighted by molar-refractivity contribution is -0.158. The summed E-state index contributed by atoms with van der Waals surface area (Å²) in [6, 6.07) is 4.09. The van der Waals surface area contributed by atoms with Crippen molar-refractivity contribution in [3.63, 3.8) is 0 Å². The van der Waals surface area contributed by atoms with Gasteiger partial charge in [-0.2, -0.15) is 0 Å². The predicted molar refractivity (Wildman–Crippen MR) is 124 cm³/mol. The van der Waals surface area contributed by atoms with Crippen LogP contribution in [0.1, 0.15) is 36.8 Å². The fourth-order valence-corrected chi connectivity index (χ4v) is 6.32. The Kier molecular flexibility index (Phi) is 5.30. The number of hydrogen-bond donors (Lipinski definition) is 1. The average Bonchev–Trinajstić information content (AvgIpc) is 2.76. The van der Waals surface area contributed by atoms with E-state index in [0.717, 1.165) is 60.3 Å². The van der Waals surface area contributed by atoms with Gasteiger partial charge in [-0.25, -0.2) is 0 Å². The number of carbonyl (C=O) groups excluding carboxylic acids is 1. The summed E-state index contributed by atoms with van der Waals surface area (Å²) >= 11 is 0. The fraction of sp³-hybridized carbons (Fsp3) is 0.500. The van der Waals surface area contributed by atoms with Crippen LogP contribution in [0.4, 0.5) is 0 Å². The molecule has 174 valence electrons. The van der Waals surface area contributed by atoms with Gasteiger partial charge in [-0.15, -0.1) is 0 Å². The number of methoxy groups -OCH3 is 2. The van der Waals surface area contributed by atoms with E-state index in [4.69, 9.17) is 9.47 Å². The molecule has 0 bridgehead atoms. The molecule has 2 fully saturated rings. The van der Waals surface area contributed by atoms with Gasteiger partial charge < -0.3 is 19.5 Å². The number of carboxylic acids is 1. The summed E-state index contributed by atoms with van der Waals surface area (Å²) in [5.74, 6) is 0.916. The molecule has 5 rings (SSSR count). The lowest BCUT2D eigenvalue weighted by atomic mass is 9.47. The fourth-order valence-electron chi connectivity index (χ4n) is 6.32. The molecule has 2 unspecified atom stereocenters. The smallest absolute Gasteiger partial charge is 0.306 e. The van der Waals surface area contributed by atoms with E-state index in [1.54, 1.807) is 38.6 Å². The van der Waals surface area contributed by atoms with E-state index in [-0.39, 0.29) is 29.1 Å². The second kappa shape index (κ2) is 8.04. The lowest BCUT2D eigenvalue weighted by Crippen LogP contribution is -2.50. The standard InChI is InChI=1S/C26H30N2O5/c1-28-14-21(18-4-5-27-13-20(18)24(28)29)16-7-22(32-2)19(23(8-16)33-3)6-15-9-26(10-15)11-17(12-26)25(30)31/h4-5,7-8,13-15,17-18,20H,6,9-12H2,1-3H3,(H,30,31). The number of aliphatic carboxylic acids is 1. The SMILES string of the molecule is COc1cc(C2=CN(C)C(=O)C3C=NC=CC23)cc(OC)c1CC1CC2(C1)CC(C(=O)O)C2. The van der Waals surface area contributed by atoms with Crippen LogP contribution in [-0.2, 0) is 16.0 Å². The molecule has 1 N–H and O–H groups in total. The van der Waals surface area contributed by atoms with Crippen LogP contribution >= 0.6 is 0 Å². The Morgan fingerprint density at radius 1 is 1.15 bits per heavy atom. The minimum Gasteiger partial charge on any atom is -0.496 e. The minimum absolute atomic E-state index is 0.0347. The summed E-state index contributed by atoms with van der Waals surface area (Å²) in [5.41, 5.74) is 3.29. The third kappa shape index (κ3) is 3.63. The van der Waals surface area contributed by atoms with Crippen molar-refractivity contribution in [3.8, 4) is 11.5 Å². The number of benzene rings is 1. The molecule has 0 aromatic heterocycles. The largest absolute Gasteiger partial charge is 0.496 e. The van der Waals surface area contributed by atoms with E-state index in [2.05, 4.69) is 4.99 Å². The molecule has 2 saturated carbocycles. The Labute approximate surface area is 193 Å². The Morgan fingerprint density at radius 2 is 1.82 bits per heavy atom. The highest BCUT2D eigenvalue weighted by atomic mass is 16.5. The zero-order valence-corrected chi connectivity index (χ0v) is 19.3. The van der Waals surface area contributed by atoms with Gasteiger partial charge in [-0.1, -0.05) is 6.08 Å². The van der Waals surface area contributed by atoms with Gasteiger partial charge in [0.05, 0.1) is 26.1 Å². The van der Waals surface area contributed by atoms with E-state index in [1.165, 1.54) is 0 Å². The summed E-state index contributed by atoms with van der Waals surface area (Å²) < 4.78 is 11.6. The molecule has 2 aliphatic heterocycles. The van der Waals surface area contributed by atoms with Crippen LogP contribution in [0.15, 0.2) is 35.6 Å². The number of allylic oxidation sites excluding steroid dienone is 2. The van der Waals surface area contributed by atoms with Crippen LogP contribution in [0.25, 0.3) is 5.57 Å². The number of nitrogens with zero attached hydrogens (tertiary/aromatic N) is 2. The summed E-state index contributed by atoms with van der Waals surface area (Å²) in [6.07, 6.45) is 11.9. The van der Waals surface area contributed by atoms with Gasteiger partial charge in [0.1, 0.15) is 11.5 Å². The number of rotatable bonds is 6. The maximum atomic E-state index is 12.6. The van der Waals surface area contributed by atoms with Crippen LogP contribution < -0.4 is 9.47 Å². The summed E-state index contributed by atoms with van der Waals surface area (Å²) in [7, 11) is 5.12. The zero-order chi connectivity index (χ0) is 23.3. The van der Waals surface area contributed by atoms with E-state index < -0.39 is 5.97 Å². The summed E-state index contributed by atoms with van der Waals surface area (Å²) in [4.78, 5) is 29.6. The first-order valence-corrected chi connectivity index (χ1v) is 11.5. The van der Waals surface area contributed by atoms with E-state index in [0.29, 0.717) is 5.92 Å². The Hall–Kier alpha value is -3.09. The van der Waals surface area contributed by atoms with E-state index in [9.17, 15) is 14.7 Å². The number of fused-ring (bicyclic) bond motifs is 1. The second-order valence-electron chi connectivity index (χ2n) is 10.0. The Balaban J connectivity index is 1.39. The van der Waals surface area contributed by atoms with Crippen molar-refractivity contribution in [1.82, 2.24) is 4.90 Å². The molecule has 0 radical (unpaired) electrons. The van der Waals surface area contributed by atoms with E-state index in [1.807, 2.05) is 24.4 Å². The molecular formula is C26H30N2O5. The molecule has 4 aliphatic rings. The molecule has 2 heterocycles. The summed E-state index contributed by atoms with van der Waals surface area (Å²) in [6.45, 7) is 0. The van der Waals surface area contributed by atoms with Crippen molar-refractivity contribution in [2.75, 3.05) is 21.3 Å². The quantitative estimate of drug-likeness (QED) is 0.713. The van der Waals surface area contributed by atoms with Crippen LogP contribution in [0, 0.1) is 29.1 Å². The predicted octanol–water partition coefficient (Wildman–Crippen LogP) is 3.78. The minimum atomic E-state index is -0.659. The molecule has 2 aliphatic carbocycles. The van der Waals surface area contributed by atoms with Crippen molar-refractivity contribution in [2.45, 2.75) is 32.1 Å². The summed E-state index contributed by atoms with van der Waals surface area (Å²) in [5, 5.41) is 9.19. The van der Waals surface area contributed by atoms with Crippen LogP contribution in [0.3, 0.4) is 0 Å². The Morgan fingerprint density at radius 3 is 2.42 bits per heavy atom. The number of hydrogen-bond acceptors (Lipinski definition) is 5. The van der Waals surface area contributed by atoms with Crippen molar-refractivity contribution in [1.29, 1.82) is 0 Å². The number of carbonyl (C=O) groups is 2. The number of carboxylic acid groups (broad SMARTS) is 1. The van der Waals surface area contributed by atoms with Crippen LogP contribution in [0.2, 0.25) is 0 Å². The average molecular weight is 451 g/mol. The highest BCUT2D eigenvalue weighted by Crippen LogP contribution is 2.62. The van der Waals surface area contributed by atoms with Crippen molar-refractivity contribution >= 4 is 23.7 Å². The second-order valence-corrected chi connectivity index (χ2v) is 10.0. The Bertz CT molecular complexity index is 1050. The van der Waals surface area contributed by atoms with Crippen LogP contribution in [0.5, 0.6) is 11.5 Å². The number of ether oxygens (including phenoxy) is 2. The highest BCUT2D eigenvalue weighted by Gasteiger charge is 2.54. The molecule has 0 saturated heterocycles. The molecule has 1 aromatic carbocycles. The molecule has 1 spiro atoms. The van der Waals surface area contributed by atoms with Gasteiger partial charge in [-0.05, 0) is 66.7 Å². The van der Waals surface area contributed by atoms with Gasteiger partial charge in [-0.3, -0.25) is 14.6 Å². The molecular weight excluding hydrogens is 420 g/mol. The maximum Gasteiger partial charge on any atom is 0.306 e. The van der Waals surface area contributed by atoms with Crippen molar-refractivity contribution in [2.24, 2.45) is 34.1 Å². The van der Waals surface area contributed by atoms with Gasteiger partial charge in [0.15, 0.2) is 0 Å². The normalized spacial score (nSPS) is 32.0. The molecule has 7 heteroatoms. The highest BCUT2D eigenvalue weighted by molar-refractivity contribution is 6.00. The first-order valence-electron chi connectivity index (χ1n) is 11.5. The lowest BCUT2D eigenvalue weighted by Gasteiger charge is -2.57. The third-order valence-corrected chi connectivity index (χ3v) is 7.92. The van der Waals surface area contributed by atoms with Crippen LogP contribution in [-0.4, -0.2) is 49.4 Å². The first kappa shape index (κ1) is 21.7. The zero-order valence-electron chi connectivity index (χ0n) is 19.3. The molecule has 1 amide bonds. The van der Waals surface area contributed by atoms with Crippen molar-refractivity contribution < 1.29 is 24.2 Å². The van der Waals surface area contributed by atoms with Gasteiger partial charge in [0.2, 0.25) is 5.91 Å². The van der Waals surface area contributed by atoms with Gasteiger partial charge in [0, 0.05) is 37.1 Å². The number of amides is 1. The molecule has 7 nitrogen and oxygen atoms in total. The van der Waals surface area contributed by atoms with E-state index >= 15 is 0 Å². The van der Waals surface area contributed by atoms with Gasteiger partial charge >= 0.3 is 5.97 Å². The first-order chi connectivity index (χ1) is 15.8. The topological polar surface area (TPSA) is 88.4 Å².